The van der Waals surface area contributed by atoms with E-state index < -0.39 is 0 Å². The maximum atomic E-state index is 5.71. The van der Waals surface area contributed by atoms with E-state index in [2.05, 4.69) is 28.9 Å². The van der Waals surface area contributed by atoms with E-state index in [4.69, 9.17) is 11.6 Å². The SMILES string of the molecule is CC(C)C1CCN(Cc2ccc(Cl)nn2)C1. The third-order valence-electron chi connectivity index (χ3n) is 3.32. The molecule has 0 N–H and O–H groups in total. The van der Waals surface area contributed by atoms with Crippen molar-refractivity contribution in [2.24, 2.45) is 11.8 Å². The lowest BCUT2D eigenvalue weighted by Crippen LogP contribution is -2.22. The molecule has 1 atom stereocenters. The van der Waals surface area contributed by atoms with E-state index in [-0.39, 0.29) is 0 Å². The Hall–Kier alpha value is -0.670. The van der Waals surface area contributed by atoms with E-state index in [9.17, 15) is 0 Å². The molecule has 1 aromatic rings. The van der Waals surface area contributed by atoms with Crippen LogP contribution in [0.4, 0.5) is 0 Å². The first-order chi connectivity index (χ1) is 7.65. The highest BCUT2D eigenvalue weighted by Gasteiger charge is 2.24. The molecular weight excluding hydrogens is 222 g/mol. The standard InChI is InChI=1S/C12H18ClN3/c1-9(2)10-5-6-16(7-10)8-11-3-4-12(13)15-14-11/h3-4,9-10H,5-8H2,1-2H3. The number of hydrogen-bond donors (Lipinski definition) is 0. The van der Waals surface area contributed by atoms with Crippen molar-refractivity contribution in [2.75, 3.05) is 13.1 Å². The minimum Gasteiger partial charge on any atom is -0.297 e. The molecule has 0 spiro atoms. The fourth-order valence-corrected chi connectivity index (χ4v) is 2.31. The number of hydrogen-bond acceptors (Lipinski definition) is 3. The smallest absolute Gasteiger partial charge is 0.151 e. The molecule has 1 aliphatic rings. The van der Waals surface area contributed by atoms with Crippen molar-refractivity contribution in [1.82, 2.24) is 15.1 Å². The van der Waals surface area contributed by atoms with Crippen molar-refractivity contribution in [2.45, 2.75) is 26.8 Å². The van der Waals surface area contributed by atoms with Crippen LogP contribution >= 0.6 is 11.6 Å². The van der Waals surface area contributed by atoms with Gasteiger partial charge in [-0.2, -0.15) is 5.10 Å². The molecular formula is C12H18ClN3. The topological polar surface area (TPSA) is 29.0 Å². The van der Waals surface area contributed by atoms with Crippen LogP contribution in [-0.4, -0.2) is 28.2 Å². The zero-order chi connectivity index (χ0) is 11.5. The molecule has 0 amide bonds. The Morgan fingerprint density at radius 3 is 2.81 bits per heavy atom. The molecule has 1 aliphatic heterocycles. The predicted molar refractivity (Wildman–Crippen MR) is 65.3 cm³/mol. The molecule has 4 heteroatoms. The van der Waals surface area contributed by atoms with Gasteiger partial charge in [-0.05, 0) is 36.9 Å². The molecule has 0 radical (unpaired) electrons. The van der Waals surface area contributed by atoms with Gasteiger partial charge >= 0.3 is 0 Å². The van der Waals surface area contributed by atoms with E-state index in [0.717, 1.165) is 24.1 Å². The summed E-state index contributed by atoms with van der Waals surface area (Å²) >= 11 is 5.71. The lowest BCUT2D eigenvalue weighted by atomic mass is 9.95. The second kappa shape index (κ2) is 5.11. The molecule has 0 bridgehead atoms. The van der Waals surface area contributed by atoms with Gasteiger partial charge in [-0.25, -0.2) is 0 Å². The Labute approximate surface area is 102 Å². The van der Waals surface area contributed by atoms with Gasteiger partial charge in [0, 0.05) is 13.1 Å². The van der Waals surface area contributed by atoms with Crippen molar-refractivity contribution in [1.29, 1.82) is 0 Å². The highest BCUT2D eigenvalue weighted by atomic mass is 35.5. The second-order valence-electron chi connectivity index (χ2n) is 4.88. The highest BCUT2D eigenvalue weighted by Crippen LogP contribution is 2.24. The fraction of sp³-hybridized carbons (Fsp3) is 0.667. The third-order valence-corrected chi connectivity index (χ3v) is 3.53. The number of aromatic nitrogens is 2. The summed E-state index contributed by atoms with van der Waals surface area (Å²) < 4.78 is 0. The van der Waals surface area contributed by atoms with Gasteiger partial charge in [-0.1, -0.05) is 25.4 Å². The largest absolute Gasteiger partial charge is 0.297 e. The molecule has 2 rings (SSSR count). The Morgan fingerprint density at radius 1 is 1.44 bits per heavy atom. The first kappa shape index (κ1) is 11.8. The number of nitrogens with zero attached hydrogens (tertiary/aromatic N) is 3. The van der Waals surface area contributed by atoms with E-state index in [1.807, 2.05) is 6.07 Å². The average Bonchev–Trinajstić information content (AvgIpc) is 2.70. The molecule has 16 heavy (non-hydrogen) atoms. The zero-order valence-electron chi connectivity index (χ0n) is 9.86. The summed E-state index contributed by atoms with van der Waals surface area (Å²) in [6.07, 6.45) is 1.30. The van der Waals surface area contributed by atoms with Gasteiger partial charge in [0.25, 0.3) is 0 Å². The normalized spacial score (nSPS) is 21.9. The van der Waals surface area contributed by atoms with E-state index in [1.165, 1.54) is 19.5 Å². The lowest BCUT2D eigenvalue weighted by molar-refractivity contribution is 0.293. The first-order valence-electron chi connectivity index (χ1n) is 5.85. The van der Waals surface area contributed by atoms with Gasteiger partial charge in [0.15, 0.2) is 5.15 Å². The maximum Gasteiger partial charge on any atom is 0.151 e. The van der Waals surface area contributed by atoms with Gasteiger partial charge < -0.3 is 0 Å². The summed E-state index contributed by atoms with van der Waals surface area (Å²) in [5.41, 5.74) is 1.01. The Balaban J connectivity index is 1.89. The van der Waals surface area contributed by atoms with E-state index >= 15 is 0 Å². The number of rotatable bonds is 3. The minimum atomic E-state index is 0.463. The van der Waals surface area contributed by atoms with Crippen LogP contribution in [0.25, 0.3) is 0 Å². The van der Waals surface area contributed by atoms with Gasteiger partial charge in [-0.15, -0.1) is 5.10 Å². The molecule has 0 saturated carbocycles. The van der Waals surface area contributed by atoms with Crippen molar-refractivity contribution in [3.05, 3.63) is 23.0 Å². The molecule has 1 unspecified atom stereocenters. The van der Waals surface area contributed by atoms with Crippen molar-refractivity contribution in [3.8, 4) is 0 Å². The van der Waals surface area contributed by atoms with Crippen LogP contribution in [0.2, 0.25) is 5.15 Å². The van der Waals surface area contributed by atoms with Crippen LogP contribution in [0.5, 0.6) is 0 Å². The molecule has 0 aliphatic carbocycles. The van der Waals surface area contributed by atoms with Gasteiger partial charge in [0.1, 0.15) is 0 Å². The Morgan fingerprint density at radius 2 is 2.25 bits per heavy atom. The quantitative estimate of drug-likeness (QED) is 0.812. The van der Waals surface area contributed by atoms with Crippen LogP contribution in [0.1, 0.15) is 26.0 Å². The number of likely N-dealkylation sites (tertiary alicyclic amines) is 1. The van der Waals surface area contributed by atoms with Gasteiger partial charge in [-0.3, -0.25) is 4.90 Å². The summed E-state index contributed by atoms with van der Waals surface area (Å²) in [4.78, 5) is 2.45. The van der Waals surface area contributed by atoms with Crippen LogP contribution in [-0.2, 0) is 6.54 Å². The van der Waals surface area contributed by atoms with Crippen molar-refractivity contribution >= 4 is 11.6 Å². The summed E-state index contributed by atoms with van der Waals surface area (Å²) in [6, 6.07) is 3.76. The Bertz CT molecular complexity index is 337. The summed E-state index contributed by atoms with van der Waals surface area (Å²) in [5, 5.41) is 8.42. The zero-order valence-corrected chi connectivity index (χ0v) is 10.6. The third kappa shape index (κ3) is 2.92. The molecule has 2 heterocycles. The van der Waals surface area contributed by atoms with Crippen LogP contribution in [0.3, 0.4) is 0 Å². The van der Waals surface area contributed by atoms with Gasteiger partial charge in [0.2, 0.25) is 0 Å². The number of halogens is 1. The van der Waals surface area contributed by atoms with E-state index in [1.54, 1.807) is 6.07 Å². The summed E-state index contributed by atoms with van der Waals surface area (Å²) in [6.45, 7) is 7.86. The molecule has 0 aromatic carbocycles. The van der Waals surface area contributed by atoms with Crippen LogP contribution in [0, 0.1) is 11.8 Å². The average molecular weight is 240 g/mol. The Kier molecular flexibility index (Phi) is 3.77. The van der Waals surface area contributed by atoms with Crippen LogP contribution in [0.15, 0.2) is 12.1 Å². The van der Waals surface area contributed by atoms with Crippen molar-refractivity contribution < 1.29 is 0 Å². The highest BCUT2D eigenvalue weighted by molar-refractivity contribution is 6.29. The monoisotopic (exact) mass is 239 g/mol. The molecule has 1 aromatic heterocycles. The van der Waals surface area contributed by atoms with Crippen LogP contribution < -0.4 is 0 Å². The maximum absolute atomic E-state index is 5.71. The molecule has 1 saturated heterocycles. The lowest BCUT2D eigenvalue weighted by Gasteiger charge is -2.17. The molecule has 3 nitrogen and oxygen atoms in total. The van der Waals surface area contributed by atoms with E-state index in [0.29, 0.717) is 5.15 Å². The molecule has 1 fully saturated rings. The summed E-state index contributed by atoms with van der Waals surface area (Å²) in [5.74, 6) is 1.61. The second-order valence-corrected chi connectivity index (χ2v) is 5.26. The van der Waals surface area contributed by atoms with Gasteiger partial charge in [0.05, 0.1) is 5.69 Å². The fourth-order valence-electron chi connectivity index (χ4n) is 2.21. The van der Waals surface area contributed by atoms with Crippen molar-refractivity contribution in [3.63, 3.8) is 0 Å². The minimum absolute atomic E-state index is 0.463. The molecule has 88 valence electrons. The predicted octanol–water partition coefficient (Wildman–Crippen LogP) is 2.61. The summed E-state index contributed by atoms with van der Waals surface area (Å²) in [7, 11) is 0. The first-order valence-corrected chi connectivity index (χ1v) is 6.23.